The van der Waals surface area contributed by atoms with Gasteiger partial charge in [0.05, 0.1) is 6.61 Å². The maximum atomic E-state index is 5.45. The second-order valence-electron chi connectivity index (χ2n) is 6.38. The molecule has 0 amide bonds. The van der Waals surface area contributed by atoms with Crippen LogP contribution in [0.1, 0.15) is 17.8 Å². The molecule has 1 saturated heterocycles. The van der Waals surface area contributed by atoms with Crippen LogP contribution in [-0.2, 0) is 11.3 Å². The molecule has 0 radical (unpaired) electrons. The monoisotopic (exact) mass is 470 g/mol. The zero-order valence-electron chi connectivity index (χ0n) is 15.6. The molecule has 7 nitrogen and oxygen atoms in total. The summed E-state index contributed by atoms with van der Waals surface area (Å²) in [6.07, 6.45) is 6.71. The summed E-state index contributed by atoms with van der Waals surface area (Å²) in [5.74, 6) is 3.28. The zero-order chi connectivity index (χ0) is 17.6. The molecule has 0 bridgehead atoms. The van der Waals surface area contributed by atoms with E-state index in [4.69, 9.17) is 4.74 Å². The van der Waals surface area contributed by atoms with Crippen LogP contribution in [0.4, 0.5) is 0 Å². The lowest BCUT2D eigenvalue weighted by molar-refractivity contribution is 0.181. The molecule has 3 rings (SSSR count). The summed E-state index contributed by atoms with van der Waals surface area (Å²) in [4.78, 5) is 15.3. The van der Waals surface area contributed by atoms with Crippen LogP contribution in [0.25, 0.3) is 5.82 Å². The second-order valence-corrected chi connectivity index (χ2v) is 6.38. The molecule has 1 atom stereocenters. The van der Waals surface area contributed by atoms with Gasteiger partial charge in [-0.15, -0.1) is 24.0 Å². The number of nitrogens with one attached hydrogen (secondary N) is 1. The van der Waals surface area contributed by atoms with Gasteiger partial charge in [0.25, 0.3) is 0 Å². The lowest BCUT2D eigenvalue weighted by atomic mass is 10.1. The van der Waals surface area contributed by atoms with Gasteiger partial charge in [0.2, 0.25) is 0 Å². The predicted molar refractivity (Wildman–Crippen MR) is 113 cm³/mol. The third kappa shape index (κ3) is 5.16. The minimum absolute atomic E-state index is 0. The number of guanidine groups is 1. The van der Waals surface area contributed by atoms with Crippen LogP contribution in [0.2, 0.25) is 0 Å². The van der Waals surface area contributed by atoms with Crippen molar-refractivity contribution in [2.45, 2.75) is 19.9 Å². The lowest BCUT2D eigenvalue weighted by Gasteiger charge is -2.24. The molecule has 1 N–H and O–H groups in total. The first-order chi connectivity index (χ1) is 12.2. The first-order valence-corrected chi connectivity index (χ1v) is 8.62. The molecule has 0 spiro atoms. The van der Waals surface area contributed by atoms with E-state index < -0.39 is 0 Å². The summed E-state index contributed by atoms with van der Waals surface area (Å²) in [6, 6.07) is 4.08. The summed E-state index contributed by atoms with van der Waals surface area (Å²) in [5.41, 5.74) is 1.11. The van der Waals surface area contributed by atoms with Gasteiger partial charge in [-0.05, 0) is 25.0 Å². The van der Waals surface area contributed by atoms with Crippen LogP contribution in [-0.4, -0.2) is 59.2 Å². The maximum absolute atomic E-state index is 5.45. The molecule has 1 aliphatic rings. The number of hydrogen-bond acceptors (Lipinski definition) is 4. The maximum Gasteiger partial charge on any atom is 0.193 e. The van der Waals surface area contributed by atoms with Gasteiger partial charge >= 0.3 is 0 Å². The molecule has 0 saturated carbocycles. The number of hydrogen-bond donors (Lipinski definition) is 1. The number of nitrogens with zero attached hydrogens (tertiary/aromatic N) is 5. The predicted octanol–water partition coefficient (Wildman–Crippen LogP) is 2.24. The topological polar surface area (TPSA) is 67.6 Å². The molecule has 0 aromatic carbocycles. The number of imidazole rings is 1. The van der Waals surface area contributed by atoms with Crippen LogP contribution in [0.3, 0.4) is 0 Å². The molecule has 2 aromatic rings. The number of halogens is 1. The standard InChI is InChI=1S/C18H26N6O.HI/c1-14-20-7-8-24(14)17-5-4-15(10-21-17)11-22-18(19-2)23(3)12-16-6-9-25-13-16;/h4-5,7-8,10,16H,6,9,11-13H2,1-3H3,(H,19,22);1H. The highest BCUT2D eigenvalue weighted by Crippen LogP contribution is 2.13. The lowest BCUT2D eigenvalue weighted by Crippen LogP contribution is -2.41. The van der Waals surface area contributed by atoms with E-state index in [1.807, 2.05) is 37.0 Å². The number of aromatic nitrogens is 3. The highest BCUT2D eigenvalue weighted by atomic mass is 127. The minimum atomic E-state index is 0. The Labute approximate surface area is 171 Å². The Morgan fingerprint density at radius 1 is 1.42 bits per heavy atom. The number of aliphatic imine (C=N–C) groups is 1. The van der Waals surface area contributed by atoms with Gasteiger partial charge < -0.3 is 15.0 Å². The van der Waals surface area contributed by atoms with Crippen LogP contribution < -0.4 is 5.32 Å². The fourth-order valence-electron chi connectivity index (χ4n) is 3.05. The van der Waals surface area contributed by atoms with Gasteiger partial charge in [-0.1, -0.05) is 6.07 Å². The fraction of sp³-hybridized carbons (Fsp3) is 0.500. The van der Waals surface area contributed by atoms with Crippen LogP contribution >= 0.6 is 24.0 Å². The molecule has 0 aliphatic carbocycles. The largest absolute Gasteiger partial charge is 0.381 e. The van der Waals surface area contributed by atoms with Gasteiger partial charge in [0, 0.05) is 58.3 Å². The number of ether oxygens (including phenoxy) is 1. The third-order valence-corrected chi connectivity index (χ3v) is 4.46. The quantitative estimate of drug-likeness (QED) is 0.413. The summed E-state index contributed by atoms with van der Waals surface area (Å²) in [6.45, 7) is 5.33. The third-order valence-electron chi connectivity index (χ3n) is 4.46. The normalized spacial score (nSPS) is 17.0. The molecule has 142 valence electrons. The van der Waals surface area contributed by atoms with Crippen molar-refractivity contribution >= 4 is 29.9 Å². The van der Waals surface area contributed by atoms with E-state index in [2.05, 4.69) is 38.3 Å². The summed E-state index contributed by atoms with van der Waals surface area (Å²) < 4.78 is 7.42. The Kier molecular flexibility index (Phi) is 7.83. The van der Waals surface area contributed by atoms with Gasteiger partial charge in [0.1, 0.15) is 11.6 Å². The van der Waals surface area contributed by atoms with Crippen molar-refractivity contribution in [2.75, 3.05) is 33.9 Å². The van der Waals surface area contributed by atoms with E-state index in [-0.39, 0.29) is 24.0 Å². The van der Waals surface area contributed by atoms with E-state index in [9.17, 15) is 0 Å². The smallest absolute Gasteiger partial charge is 0.193 e. The first kappa shape index (κ1) is 20.6. The first-order valence-electron chi connectivity index (χ1n) is 8.62. The summed E-state index contributed by atoms with van der Waals surface area (Å²) in [7, 11) is 3.88. The molecule has 1 unspecified atom stereocenters. The molecule has 1 fully saturated rings. The van der Waals surface area contributed by atoms with Crippen molar-refractivity contribution in [3.63, 3.8) is 0 Å². The molecule has 1 aliphatic heterocycles. The summed E-state index contributed by atoms with van der Waals surface area (Å²) >= 11 is 0. The Morgan fingerprint density at radius 3 is 2.85 bits per heavy atom. The Morgan fingerprint density at radius 2 is 2.27 bits per heavy atom. The van der Waals surface area contributed by atoms with Crippen molar-refractivity contribution in [2.24, 2.45) is 10.9 Å². The number of pyridine rings is 1. The van der Waals surface area contributed by atoms with Gasteiger partial charge in [-0.3, -0.25) is 9.56 Å². The average molecular weight is 470 g/mol. The average Bonchev–Trinajstić information content (AvgIpc) is 3.28. The summed E-state index contributed by atoms with van der Waals surface area (Å²) in [5, 5.41) is 3.40. The van der Waals surface area contributed by atoms with E-state index in [0.717, 1.165) is 49.3 Å². The van der Waals surface area contributed by atoms with Crippen molar-refractivity contribution in [3.8, 4) is 5.82 Å². The zero-order valence-corrected chi connectivity index (χ0v) is 17.9. The van der Waals surface area contributed by atoms with Crippen LogP contribution in [0.15, 0.2) is 35.7 Å². The van der Waals surface area contributed by atoms with Crippen molar-refractivity contribution in [1.29, 1.82) is 0 Å². The highest BCUT2D eigenvalue weighted by molar-refractivity contribution is 14.0. The van der Waals surface area contributed by atoms with E-state index in [1.165, 1.54) is 0 Å². The fourth-order valence-corrected chi connectivity index (χ4v) is 3.05. The Hall–Kier alpha value is -1.68. The molecule has 3 heterocycles. The van der Waals surface area contributed by atoms with E-state index in [0.29, 0.717) is 12.5 Å². The van der Waals surface area contributed by atoms with E-state index in [1.54, 1.807) is 6.20 Å². The minimum Gasteiger partial charge on any atom is -0.381 e. The van der Waals surface area contributed by atoms with Crippen LogP contribution in [0.5, 0.6) is 0 Å². The SMILES string of the molecule is CN=C(NCc1ccc(-n2ccnc2C)nc1)N(C)CC1CCOC1.I. The Bertz CT molecular complexity index is 709. The molecule has 2 aromatic heterocycles. The van der Waals surface area contributed by atoms with Crippen LogP contribution in [0, 0.1) is 12.8 Å². The van der Waals surface area contributed by atoms with E-state index >= 15 is 0 Å². The molecule has 26 heavy (non-hydrogen) atoms. The molecular formula is C18H27IN6O. The van der Waals surface area contributed by atoms with Crippen molar-refractivity contribution in [3.05, 3.63) is 42.1 Å². The molecule has 8 heteroatoms. The Balaban J connectivity index is 0.00000243. The molecular weight excluding hydrogens is 443 g/mol. The van der Waals surface area contributed by atoms with Gasteiger partial charge in [-0.25, -0.2) is 9.97 Å². The number of aryl methyl sites for hydroxylation is 1. The van der Waals surface area contributed by atoms with Gasteiger partial charge in [-0.2, -0.15) is 0 Å². The van der Waals surface area contributed by atoms with Crippen molar-refractivity contribution < 1.29 is 4.74 Å². The second kappa shape index (κ2) is 9.86. The number of rotatable bonds is 5. The van der Waals surface area contributed by atoms with Gasteiger partial charge in [0.15, 0.2) is 5.96 Å². The highest BCUT2D eigenvalue weighted by Gasteiger charge is 2.19. The van der Waals surface area contributed by atoms with Crippen molar-refractivity contribution in [1.82, 2.24) is 24.8 Å².